The van der Waals surface area contributed by atoms with Crippen molar-refractivity contribution in [2.45, 2.75) is 55.5 Å². The molecule has 0 spiro atoms. The van der Waals surface area contributed by atoms with E-state index in [9.17, 15) is 17.6 Å². The molecule has 1 saturated heterocycles. The lowest BCUT2D eigenvalue weighted by Crippen LogP contribution is -2.52. The second-order valence-electron chi connectivity index (χ2n) is 10.7. The second-order valence-corrected chi connectivity index (χ2v) is 13.5. The third-order valence-corrected chi connectivity index (χ3v) is 9.27. The Kier molecular flexibility index (Phi) is 7.62. The topological polar surface area (TPSA) is 102 Å². The van der Waals surface area contributed by atoms with Gasteiger partial charge in [-0.05, 0) is 62.1 Å². The fourth-order valence-corrected chi connectivity index (χ4v) is 7.15. The van der Waals surface area contributed by atoms with Crippen LogP contribution in [0.1, 0.15) is 55.4 Å². The molecule has 2 aliphatic rings. The molecule has 0 saturated carbocycles. The van der Waals surface area contributed by atoms with Crippen molar-refractivity contribution in [3.63, 3.8) is 0 Å². The summed E-state index contributed by atoms with van der Waals surface area (Å²) in [6.45, 7) is 7.32. The Hall–Kier alpha value is -3.09. The molecule has 208 valence electrons. The number of piperazine rings is 1. The van der Waals surface area contributed by atoms with Crippen molar-refractivity contribution >= 4 is 27.5 Å². The Bertz CT molecular complexity index is 1430. The number of aromatic nitrogens is 2. The Morgan fingerprint density at radius 3 is 2.62 bits per heavy atom. The molecule has 0 aliphatic carbocycles. The summed E-state index contributed by atoms with van der Waals surface area (Å²) in [5, 5.41) is 0.427. The summed E-state index contributed by atoms with van der Waals surface area (Å²) < 4.78 is 55.3. The van der Waals surface area contributed by atoms with Crippen molar-refractivity contribution in [2.75, 3.05) is 26.2 Å². The van der Waals surface area contributed by atoms with Crippen molar-refractivity contribution in [1.82, 2.24) is 19.2 Å². The van der Waals surface area contributed by atoms with E-state index in [1.54, 1.807) is 29.2 Å². The SMILES string of the molecule is CC(C)(C)OC(=O)N1CCN([C@@H]2CCOc3cc(S(=O)(=O)Cc4ncns4)ccc32)[C@H](c2ccc(F)cc2)C1. The number of carbonyl (C=O) groups is 1. The number of nitrogens with zero attached hydrogens (tertiary/aromatic N) is 4. The van der Waals surface area contributed by atoms with Crippen LogP contribution >= 0.6 is 11.5 Å². The maximum Gasteiger partial charge on any atom is 0.410 e. The van der Waals surface area contributed by atoms with E-state index in [0.717, 1.165) is 22.7 Å². The molecule has 0 N–H and O–H groups in total. The van der Waals surface area contributed by atoms with Gasteiger partial charge in [-0.15, -0.1) is 0 Å². The molecule has 2 aromatic carbocycles. The molecule has 1 aromatic heterocycles. The average Bonchev–Trinajstić information content (AvgIpc) is 3.39. The zero-order valence-electron chi connectivity index (χ0n) is 22.0. The van der Waals surface area contributed by atoms with Gasteiger partial charge in [0.2, 0.25) is 0 Å². The van der Waals surface area contributed by atoms with Gasteiger partial charge in [0, 0.05) is 37.7 Å². The summed E-state index contributed by atoms with van der Waals surface area (Å²) in [6.07, 6.45) is 1.65. The lowest BCUT2D eigenvalue weighted by molar-refractivity contribution is -0.0104. The Morgan fingerprint density at radius 1 is 1.15 bits per heavy atom. The van der Waals surface area contributed by atoms with Crippen molar-refractivity contribution in [3.05, 3.63) is 70.7 Å². The highest BCUT2D eigenvalue weighted by atomic mass is 32.2. The van der Waals surface area contributed by atoms with Gasteiger partial charge >= 0.3 is 6.09 Å². The molecular weight excluding hydrogens is 543 g/mol. The Labute approximate surface area is 231 Å². The first kappa shape index (κ1) is 27.5. The van der Waals surface area contributed by atoms with Crippen LogP contribution in [0.4, 0.5) is 9.18 Å². The van der Waals surface area contributed by atoms with Crippen molar-refractivity contribution in [2.24, 2.45) is 0 Å². The van der Waals surface area contributed by atoms with E-state index in [0.29, 0.717) is 43.4 Å². The van der Waals surface area contributed by atoms with Gasteiger partial charge in [-0.25, -0.2) is 22.6 Å². The highest BCUT2D eigenvalue weighted by Gasteiger charge is 2.39. The van der Waals surface area contributed by atoms with E-state index in [2.05, 4.69) is 14.3 Å². The Balaban J connectivity index is 1.43. The molecule has 3 heterocycles. The monoisotopic (exact) mass is 574 g/mol. The molecule has 12 heteroatoms. The van der Waals surface area contributed by atoms with Crippen LogP contribution in [-0.4, -0.2) is 65.5 Å². The van der Waals surface area contributed by atoms with E-state index in [1.165, 1.54) is 18.5 Å². The molecule has 0 bridgehead atoms. The van der Waals surface area contributed by atoms with Gasteiger partial charge in [-0.1, -0.05) is 18.2 Å². The third kappa shape index (κ3) is 6.23. The highest BCUT2D eigenvalue weighted by Crippen LogP contribution is 2.42. The minimum absolute atomic E-state index is 0.0792. The van der Waals surface area contributed by atoms with E-state index in [-0.39, 0.29) is 34.6 Å². The molecule has 0 radical (unpaired) electrons. The fourth-order valence-electron chi connectivity index (χ4n) is 5.04. The molecule has 39 heavy (non-hydrogen) atoms. The molecule has 9 nitrogen and oxygen atoms in total. The minimum Gasteiger partial charge on any atom is -0.493 e. The second kappa shape index (κ2) is 10.8. The van der Waals surface area contributed by atoms with E-state index >= 15 is 0 Å². The van der Waals surface area contributed by atoms with Crippen molar-refractivity contribution in [3.8, 4) is 5.75 Å². The van der Waals surface area contributed by atoms with Crippen LogP contribution < -0.4 is 4.74 Å². The van der Waals surface area contributed by atoms with Gasteiger partial charge in [-0.3, -0.25) is 4.90 Å². The maximum absolute atomic E-state index is 13.8. The number of ether oxygens (including phenoxy) is 2. The number of fused-ring (bicyclic) bond motifs is 1. The number of halogens is 1. The number of hydrogen-bond acceptors (Lipinski definition) is 9. The molecule has 2 atom stereocenters. The van der Waals surface area contributed by atoms with Crippen LogP contribution in [0, 0.1) is 5.82 Å². The van der Waals surface area contributed by atoms with Gasteiger partial charge in [-0.2, -0.15) is 4.37 Å². The predicted molar refractivity (Wildman–Crippen MR) is 144 cm³/mol. The van der Waals surface area contributed by atoms with Crippen LogP contribution in [0.3, 0.4) is 0 Å². The summed E-state index contributed by atoms with van der Waals surface area (Å²) in [5.41, 5.74) is 1.15. The molecule has 1 fully saturated rings. The quantitative estimate of drug-likeness (QED) is 0.430. The third-order valence-electron chi connectivity index (χ3n) is 6.80. The minimum atomic E-state index is -3.63. The highest BCUT2D eigenvalue weighted by molar-refractivity contribution is 7.90. The van der Waals surface area contributed by atoms with Crippen LogP contribution in [0.25, 0.3) is 0 Å². The standard InChI is InChI=1S/C27H31FN4O5S2/c1-27(2,3)37-26(33)31-11-12-32(23(15-31)18-4-6-19(28)7-5-18)22-10-13-36-24-14-20(8-9-21(22)24)39(34,35)16-25-29-17-30-38-25/h4-9,14,17,22-23H,10-13,15-16H2,1-3H3/t22-,23+/m1/s1. The summed E-state index contributed by atoms with van der Waals surface area (Å²) in [5.74, 6) is -0.0279. The van der Waals surface area contributed by atoms with Crippen LogP contribution in [0.2, 0.25) is 0 Å². The van der Waals surface area contributed by atoms with E-state index < -0.39 is 15.4 Å². The Morgan fingerprint density at radius 2 is 1.92 bits per heavy atom. The van der Waals surface area contributed by atoms with Gasteiger partial charge in [0.15, 0.2) is 9.84 Å². The lowest BCUT2D eigenvalue weighted by Gasteiger charge is -2.46. The first-order valence-electron chi connectivity index (χ1n) is 12.7. The van der Waals surface area contributed by atoms with E-state index in [4.69, 9.17) is 9.47 Å². The molecule has 1 amide bonds. The van der Waals surface area contributed by atoms with Crippen molar-refractivity contribution in [1.29, 1.82) is 0 Å². The van der Waals surface area contributed by atoms with Gasteiger partial charge in [0.05, 0.1) is 17.5 Å². The average molecular weight is 575 g/mol. The van der Waals surface area contributed by atoms with E-state index in [1.807, 2.05) is 26.8 Å². The zero-order chi connectivity index (χ0) is 27.8. The number of sulfone groups is 1. The molecule has 3 aromatic rings. The van der Waals surface area contributed by atoms with Gasteiger partial charge in [0.25, 0.3) is 0 Å². The zero-order valence-corrected chi connectivity index (χ0v) is 23.7. The van der Waals surface area contributed by atoms with Gasteiger partial charge < -0.3 is 14.4 Å². The molecule has 5 rings (SSSR count). The number of benzene rings is 2. The number of amides is 1. The molecule has 0 unspecified atom stereocenters. The number of carbonyl (C=O) groups excluding carboxylic acids is 1. The summed E-state index contributed by atoms with van der Waals surface area (Å²) in [6, 6.07) is 11.0. The smallest absolute Gasteiger partial charge is 0.410 e. The fraction of sp³-hybridized carbons (Fsp3) is 0.444. The summed E-state index contributed by atoms with van der Waals surface area (Å²) in [7, 11) is -3.63. The normalized spacial score (nSPS) is 20.3. The maximum atomic E-state index is 13.8. The van der Waals surface area contributed by atoms with Crippen molar-refractivity contribution < 1.29 is 27.1 Å². The lowest BCUT2D eigenvalue weighted by atomic mass is 9.93. The summed E-state index contributed by atoms with van der Waals surface area (Å²) >= 11 is 1.06. The van der Waals surface area contributed by atoms with Crippen LogP contribution in [0.15, 0.2) is 53.7 Å². The largest absolute Gasteiger partial charge is 0.493 e. The van der Waals surface area contributed by atoms with Gasteiger partial charge in [0.1, 0.15) is 34.3 Å². The number of rotatable bonds is 5. The predicted octanol–water partition coefficient (Wildman–Crippen LogP) is 4.77. The molecule has 2 aliphatic heterocycles. The molecular formula is C27H31FN4O5S2. The first-order valence-corrected chi connectivity index (χ1v) is 15.2. The van der Waals surface area contributed by atoms with Crippen LogP contribution in [0.5, 0.6) is 5.75 Å². The first-order chi connectivity index (χ1) is 18.5. The summed E-state index contributed by atoms with van der Waals surface area (Å²) in [4.78, 5) is 21.1. The number of hydrogen-bond donors (Lipinski definition) is 0. The van der Waals surface area contributed by atoms with Crippen LogP contribution in [-0.2, 0) is 20.3 Å².